The molecule has 0 fully saturated rings. The number of alkyl halides is 2. The highest BCUT2D eigenvalue weighted by Gasteiger charge is 2.29. The summed E-state index contributed by atoms with van der Waals surface area (Å²) in [7, 11) is 0. The van der Waals surface area contributed by atoms with Crippen molar-refractivity contribution in [2.45, 2.75) is 26.2 Å². The predicted molar refractivity (Wildman–Crippen MR) is 35.3 cm³/mol. The van der Waals surface area contributed by atoms with Crippen molar-refractivity contribution in [1.29, 1.82) is 0 Å². The number of rotatable bonds is 2. The number of hydrogen-bond donors (Lipinski definition) is 1. The van der Waals surface area contributed by atoms with E-state index in [4.69, 9.17) is 0 Å². The van der Waals surface area contributed by atoms with E-state index in [1.54, 1.807) is 0 Å². The normalized spacial score (nSPS) is 12.0. The second-order valence-electron chi connectivity index (χ2n) is 2.35. The van der Waals surface area contributed by atoms with Gasteiger partial charge < -0.3 is 0 Å². The van der Waals surface area contributed by atoms with E-state index in [0.717, 1.165) is 6.92 Å². The first kappa shape index (κ1) is 8.10. The molecular weight excluding hydrogens is 152 g/mol. The molecule has 11 heavy (non-hydrogen) atoms. The van der Waals surface area contributed by atoms with Gasteiger partial charge in [-0.1, -0.05) is 6.92 Å². The van der Waals surface area contributed by atoms with Gasteiger partial charge in [0.1, 0.15) is 5.82 Å². The summed E-state index contributed by atoms with van der Waals surface area (Å²) in [5.41, 5.74) is 0. The van der Waals surface area contributed by atoms with Crippen LogP contribution in [0.5, 0.6) is 0 Å². The Morgan fingerprint density at radius 1 is 1.55 bits per heavy atom. The number of nitrogens with one attached hydrogen (secondary N) is 1. The van der Waals surface area contributed by atoms with Crippen LogP contribution in [0.1, 0.15) is 25.5 Å². The lowest BCUT2D eigenvalue weighted by Gasteiger charge is -2.01. The van der Waals surface area contributed by atoms with Crippen LogP contribution in [0.15, 0.2) is 0 Å². The van der Waals surface area contributed by atoms with Gasteiger partial charge in [0.2, 0.25) is 5.82 Å². The van der Waals surface area contributed by atoms with Gasteiger partial charge in [0, 0.05) is 13.3 Å². The molecule has 0 atom stereocenters. The van der Waals surface area contributed by atoms with Crippen LogP contribution < -0.4 is 0 Å². The lowest BCUT2D eigenvalue weighted by Crippen LogP contribution is -2.09. The van der Waals surface area contributed by atoms with Crippen molar-refractivity contribution in [1.82, 2.24) is 15.2 Å². The summed E-state index contributed by atoms with van der Waals surface area (Å²) in [5, 5.41) is 5.79. The van der Waals surface area contributed by atoms with Crippen LogP contribution in [0.3, 0.4) is 0 Å². The maximum absolute atomic E-state index is 12.5. The van der Waals surface area contributed by atoms with Crippen LogP contribution in [0.4, 0.5) is 8.78 Å². The molecular formula is C6H9F2N3. The molecule has 0 aliphatic rings. The van der Waals surface area contributed by atoms with E-state index in [2.05, 4.69) is 15.2 Å². The molecule has 0 saturated heterocycles. The first-order chi connectivity index (χ1) is 5.04. The predicted octanol–water partition coefficient (Wildman–Crippen LogP) is 1.48. The van der Waals surface area contributed by atoms with E-state index in [1.165, 1.54) is 0 Å². The minimum Gasteiger partial charge on any atom is -0.263 e. The second kappa shape index (κ2) is 2.56. The monoisotopic (exact) mass is 161 g/mol. The number of H-pyrrole nitrogens is 1. The molecule has 0 aromatic carbocycles. The molecule has 0 unspecified atom stereocenters. The molecule has 0 bridgehead atoms. The standard InChI is InChI=1S/C6H9F2N3/c1-3-4-9-5(11-10-4)6(2,7)8/h3H2,1-2H3,(H,9,10,11). The van der Waals surface area contributed by atoms with Crippen LogP contribution in [0.2, 0.25) is 0 Å². The summed E-state index contributed by atoms with van der Waals surface area (Å²) >= 11 is 0. The van der Waals surface area contributed by atoms with E-state index in [9.17, 15) is 8.78 Å². The number of aromatic nitrogens is 3. The van der Waals surface area contributed by atoms with Crippen LogP contribution >= 0.6 is 0 Å². The molecule has 1 heterocycles. The molecule has 1 N–H and O–H groups in total. The first-order valence-corrected chi connectivity index (χ1v) is 3.33. The van der Waals surface area contributed by atoms with Gasteiger partial charge in [-0.2, -0.15) is 13.9 Å². The molecule has 0 saturated carbocycles. The molecule has 0 radical (unpaired) electrons. The van der Waals surface area contributed by atoms with Crippen molar-refractivity contribution in [3.63, 3.8) is 0 Å². The number of aromatic amines is 1. The minimum atomic E-state index is -2.94. The Balaban J connectivity index is 2.89. The topological polar surface area (TPSA) is 41.6 Å². The van der Waals surface area contributed by atoms with Gasteiger partial charge in [0.25, 0.3) is 0 Å². The van der Waals surface area contributed by atoms with Crippen molar-refractivity contribution in [3.8, 4) is 0 Å². The van der Waals surface area contributed by atoms with Gasteiger partial charge in [0.05, 0.1) is 0 Å². The zero-order valence-electron chi connectivity index (χ0n) is 6.36. The molecule has 0 spiro atoms. The Kier molecular flexibility index (Phi) is 1.89. The molecule has 0 amide bonds. The fraction of sp³-hybridized carbons (Fsp3) is 0.667. The number of hydrogen-bond acceptors (Lipinski definition) is 2. The Morgan fingerprint density at radius 3 is 2.45 bits per heavy atom. The van der Waals surface area contributed by atoms with Gasteiger partial charge in [-0.15, -0.1) is 0 Å². The molecule has 0 aliphatic carbocycles. The largest absolute Gasteiger partial charge is 0.305 e. The van der Waals surface area contributed by atoms with Gasteiger partial charge in [-0.3, -0.25) is 5.10 Å². The van der Waals surface area contributed by atoms with Crippen LogP contribution in [-0.2, 0) is 12.3 Å². The first-order valence-electron chi connectivity index (χ1n) is 3.33. The van der Waals surface area contributed by atoms with Crippen molar-refractivity contribution in [2.75, 3.05) is 0 Å². The summed E-state index contributed by atoms with van der Waals surface area (Å²) in [4.78, 5) is 3.58. The van der Waals surface area contributed by atoms with E-state index in [-0.39, 0.29) is 0 Å². The number of aryl methyl sites for hydroxylation is 1. The van der Waals surface area contributed by atoms with Gasteiger partial charge in [-0.25, -0.2) is 4.98 Å². The Morgan fingerprint density at radius 2 is 2.18 bits per heavy atom. The zero-order valence-corrected chi connectivity index (χ0v) is 6.36. The van der Waals surface area contributed by atoms with E-state index >= 15 is 0 Å². The minimum absolute atomic E-state index is 0.436. The van der Waals surface area contributed by atoms with E-state index in [1.807, 2.05) is 6.92 Å². The van der Waals surface area contributed by atoms with Crippen LogP contribution in [-0.4, -0.2) is 15.2 Å². The summed E-state index contributed by atoms with van der Waals surface area (Å²) < 4.78 is 24.9. The number of halogens is 2. The quantitative estimate of drug-likeness (QED) is 0.713. The lowest BCUT2D eigenvalue weighted by atomic mass is 10.4. The summed E-state index contributed by atoms with van der Waals surface area (Å²) in [6, 6.07) is 0. The highest BCUT2D eigenvalue weighted by molar-refractivity contribution is 4.95. The summed E-state index contributed by atoms with van der Waals surface area (Å²) in [6.07, 6.45) is 0.586. The molecule has 62 valence electrons. The average molecular weight is 161 g/mol. The third-order valence-corrected chi connectivity index (χ3v) is 1.26. The highest BCUT2D eigenvalue weighted by Crippen LogP contribution is 2.22. The molecule has 1 rings (SSSR count). The third-order valence-electron chi connectivity index (χ3n) is 1.26. The lowest BCUT2D eigenvalue weighted by molar-refractivity contribution is 0.00803. The fourth-order valence-corrected chi connectivity index (χ4v) is 0.650. The van der Waals surface area contributed by atoms with Gasteiger partial charge >= 0.3 is 5.92 Å². The maximum atomic E-state index is 12.5. The zero-order chi connectivity index (χ0) is 8.48. The van der Waals surface area contributed by atoms with Crippen molar-refractivity contribution < 1.29 is 8.78 Å². The van der Waals surface area contributed by atoms with Crippen LogP contribution in [0, 0.1) is 0 Å². The summed E-state index contributed by atoms with van der Waals surface area (Å²) in [5.74, 6) is -2.89. The summed E-state index contributed by atoms with van der Waals surface area (Å²) in [6.45, 7) is 2.59. The number of nitrogens with zero attached hydrogens (tertiary/aromatic N) is 2. The molecule has 5 heteroatoms. The van der Waals surface area contributed by atoms with Crippen molar-refractivity contribution in [2.24, 2.45) is 0 Å². The average Bonchev–Trinajstić information content (AvgIpc) is 2.32. The molecule has 3 nitrogen and oxygen atoms in total. The third kappa shape index (κ3) is 1.72. The molecule has 1 aromatic heterocycles. The van der Waals surface area contributed by atoms with Crippen molar-refractivity contribution in [3.05, 3.63) is 11.6 Å². The maximum Gasteiger partial charge on any atom is 0.305 e. The van der Waals surface area contributed by atoms with E-state index in [0.29, 0.717) is 12.2 Å². The van der Waals surface area contributed by atoms with Gasteiger partial charge in [0.15, 0.2) is 0 Å². The van der Waals surface area contributed by atoms with E-state index < -0.39 is 11.7 Å². The van der Waals surface area contributed by atoms with Gasteiger partial charge in [-0.05, 0) is 0 Å². The second-order valence-corrected chi connectivity index (χ2v) is 2.35. The Hall–Kier alpha value is -1.00. The Bertz CT molecular complexity index is 238. The smallest absolute Gasteiger partial charge is 0.263 e. The Labute approximate surface area is 62.8 Å². The highest BCUT2D eigenvalue weighted by atomic mass is 19.3. The molecule has 0 aliphatic heterocycles. The fourth-order valence-electron chi connectivity index (χ4n) is 0.650. The molecule has 1 aromatic rings. The van der Waals surface area contributed by atoms with Crippen molar-refractivity contribution >= 4 is 0 Å². The SMILES string of the molecule is CCc1nc(C(C)(F)F)n[nH]1. The van der Waals surface area contributed by atoms with Crippen LogP contribution in [0.25, 0.3) is 0 Å².